The first-order chi connectivity index (χ1) is 23.9. The van der Waals surface area contributed by atoms with Gasteiger partial charge >= 0.3 is 11.9 Å². The maximum absolute atomic E-state index is 14.3. The molecule has 0 aromatic heterocycles. The molecule has 0 radical (unpaired) electrons. The Balaban J connectivity index is 1.50. The molecule has 0 bridgehead atoms. The van der Waals surface area contributed by atoms with Crippen molar-refractivity contribution in [2.24, 2.45) is 10.8 Å². The first-order valence-corrected chi connectivity index (χ1v) is 17.4. The fraction of sp³-hybridized carbons (Fsp3) is 0.385. The van der Waals surface area contributed by atoms with Gasteiger partial charge in [0.25, 0.3) is 0 Å². The van der Waals surface area contributed by atoms with Crippen molar-refractivity contribution in [3.05, 3.63) is 114 Å². The van der Waals surface area contributed by atoms with Crippen LogP contribution < -0.4 is 9.47 Å². The molecule has 51 heavy (non-hydrogen) atoms. The van der Waals surface area contributed by atoms with Crippen molar-refractivity contribution in [1.29, 1.82) is 0 Å². The topological polar surface area (TPSA) is 99.0 Å². The molecule has 0 fully saturated rings. The summed E-state index contributed by atoms with van der Waals surface area (Å²) in [5.41, 5.74) is 1.96. The first-order valence-electron chi connectivity index (χ1n) is 16.6. The van der Waals surface area contributed by atoms with Crippen LogP contribution in [0, 0.1) is 20.9 Å². The molecule has 1 aliphatic heterocycles. The SMILES string of the molecule is COc1cc(C2C3=C(CC(C)(C)CC3=O)N(CCc3ccccc3)C3=C2C(=O)CC(C)(C)C3)cc(Br)c1Oc1ccc(C(F)(F)F)cc1[N+](=O)[O-]. The van der Waals surface area contributed by atoms with E-state index in [-0.39, 0.29) is 38.4 Å². The van der Waals surface area contributed by atoms with Crippen molar-refractivity contribution >= 4 is 33.2 Å². The molecule has 8 nitrogen and oxygen atoms in total. The minimum atomic E-state index is -4.79. The van der Waals surface area contributed by atoms with Crippen LogP contribution in [0.5, 0.6) is 17.2 Å². The van der Waals surface area contributed by atoms with E-state index in [1.165, 1.54) is 7.11 Å². The van der Waals surface area contributed by atoms with E-state index in [2.05, 4.69) is 60.7 Å². The van der Waals surface area contributed by atoms with Crippen molar-refractivity contribution in [2.75, 3.05) is 13.7 Å². The predicted octanol–water partition coefficient (Wildman–Crippen LogP) is 10.1. The van der Waals surface area contributed by atoms with Crippen LogP contribution in [0.15, 0.2) is 87.7 Å². The molecule has 0 N–H and O–H groups in total. The molecule has 1 heterocycles. The standard InChI is InChI=1S/C39H38BrF3N2O6/c1-37(2)18-27-34(29(46)20-37)33(35-28(19-38(3,4)21-30(35)47)44(27)14-13-22-9-7-6-8-10-22)23-15-25(40)36(32(16-23)50-5)51-31-12-11-24(39(41,42)43)17-26(31)45(48)49/h6-12,15-17,33H,13-14,18-21H2,1-5H3. The van der Waals surface area contributed by atoms with Crippen molar-refractivity contribution < 1.29 is 37.2 Å². The number of halogens is 4. The highest BCUT2D eigenvalue weighted by atomic mass is 79.9. The molecule has 3 aliphatic rings. The number of nitro groups is 1. The summed E-state index contributed by atoms with van der Waals surface area (Å²) in [5.74, 6) is -1.13. The van der Waals surface area contributed by atoms with Crippen molar-refractivity contribution in [3.8, 4) is 17.2 Å². The van der Waals surface area contributed by atoms with E-state index in [4.69, 9.17) is 9.47 Å². The average molecular weight is 768 g/mol. The molecule has 268 valence electrons. The number of Topliss-reactive ketones (excluding diaryl/α,β-unsaturated/α-hetero) is 2. The summed E-state index contributed by atoms with van der Waals surface area (Å²) in [6.45, 7) is 8.89. The number of alkyl halides is 3. The number of benzene rings is 3. The van der Waals surface area contributed by atoms with Crippen LogP contribution in [-0.4, -0.2) is 35.0 Å². The zero-order chi connectivity index (χ0) is 37.0. The molecule has 0 saturated heterocycles. The molecule has 0 saturated carbocycles. The van der Waals surface area contributed by atoms with E-state index in [0.717, 1.165) is 23.0 Å². The number of ketones is 2. The molecule has 3 aromatic rings. The second-order valence-electron chi connectivity index (χ2n) is 15.0. The van der Waals surface area contributed by atoms with Gasteiger partial charge in [-0.1, -0.05) is 58.0 Å². The Bertz CT molecular complexity index is 1950. The first kappa shape index (κ1) is 36.3. The van der Waals surface area contributed by atoms with Gasteiger partial charge in [0.05, 0.1) is 22.1 Å². The van der Waals surface area contributed by atoms with Gasteiger partial charge in [0.1, 0.15) is 0 Å². The molecule has 0 unspecified atom stereocenters. The lowest BCUT2D eigenvalue weighted by atomic mass is 9.63. The van der Waals surface area contributed by atoms with Crippen LogP contribution in [-0.2, 0) is 22.2 Å². The lowest BCUT2D eigenvalue weighted by Crippen LogP contribution is -2.45. The Morgan fingerprint density at radius 1 is 0.882 bits per heavy atom. The van der Waals surface area contributed by atoms with E-state index in [0.29, 0.717) is 67.5 Å². The lowest BCUT2D eigenvalue weighted by molar-refractivity contribution is -0.385. The number of methoxy groups -OCH3 is 1. The smallest absolute Gasteiger partial charge is 0.416 e. The van der Waals surface area contributed by atoms with Crippen LogP contribution in [0.2, 0.25) is 0 Å². The van der Waals surface area contributed by atoms with Gasteiger partial charge in [-0.15, -0.1) is 0 Å². The van der Waals surface area contributed by atoms with Gasteiger partial charge in [0.15, 0.2) is 23.1 Å². The number of rotatable bonds is 8. The summed E-state index contributed by atoms with van der Waals surface area (Å²) in [7, 11) is 1.36. The number of ether oxygens (including phenoxy) is 2. The number of allylic oxidation sites excluding steroid dienone is 4. The molecule has 12 heteroatoms. The quantitative estimate of drug-likeness (QED) is 0.166. The van der Waals surface area contributed by atoms with Gasteiger partial charge in [-0.3, -0.25) is 19.7 Å². The number of carbonyl (C=O) groups is 2. The second-order valence-corrected chi connectivity index (χ2v) is 15.9. The van der Waals surface area contributed by atoms with Gasteiger partial charge in [0.2, 0.25) is 5.75 Å². The Hall–Kier alpha value is -4.45. The fourth-order valence-corrected chi connectivity index (χ4v) is 8.12. The summed E-state index contributed by atoms with van der Waals surface area (Å²) in [6, 6.07) is 15.4. The van der Waals surface area contributed by atoms with Crippen LogP contribution in [0.3, 0.4) is 0 Å². The molecular weight excluding hydrogens is 729 g/mol. The zero-order valence-corrected chi connectivity index (χ0v) is 30.5. The number of hydrogen-bond acceptors (Lipinski definition) is 7. The van der Waals surface area contributed by atoms with Gasteiger partial charge in [0, 0.05) is 53.9 Å². The Labute approximate surface area is 302 Å². The van der Waals surface area contributed by atoms with Crippen molar-refractivity contribution in [3.63, 3.8) is 0 Å². The van der Waals surface area contributed by atoms with Crippen molar-refractivity contribution in [2.45, 2.75) is 71.9 Å². The maximum atomic E-state index is 14.3. The van der Waals surface area contributed by atoms with E-state index < -0.39 is 34.0 Å². The lowest BCUT2D eigenvalue weighted by Gasteiger charge is -2.49. The minimum absolute atomic E-state index is 0.0139. The Morgan fingerprint density at radius 2 is 1.47 bits per heavy atom. The fourth-order valence-electron chi connectivity index (χ4n) is 7.57. The highest BCUT2D eigenvalue weighted by molar-refractivity contribution is 9.10. The monoisotopic (exact) mass is 766 g/mol. The van der Waals surface area contributed by atoms with Crippen LogP contribution >= 0.6 is 15.9 Å². The highest BCUT2D eigenvalue weighted by Gasteiger charge is 2.49. The maximum Gasteiger partial charge on any atom is 0.416 e. The van der Waals surface area contributed by atoms with Crippen LogP contribution in [0.25, 0.3) is 0 Å². The van der Waals surface area contributed by atoms with Gasteiger partial charge in [-0.25, -0.2) is 0 Å². The normalized spacial score (nSPS) is 18.8. The summed E-state index contributed by atoms with van der Waals surface area (Å²) < 4.78 is 52.0. The third-order valence-corrected chi connectivity index (χ3v) is 10.4. The molecule has 6 rings (SSSR count). The average Bonchev–Trinajstić information content (AvgIpc) is 3.03. The molecule has 0 amide bonds. The van der Waals surface area contributed by atoms with E-state index >= 15 is 0 Å². The van der Waals surface area contributed by atoms with Crippen molar-refractivity contribution in [1.82, 2.24) is 4.90 Å². The number of nitrogens with zero attached hydrogens (tertiary/aromatic N) is 2. The second kappa shape index (κ2) is 13.3. The van der Waals surface area contributed by atoms with E-state index in [1.807, 2.05) is 18.2 Å². The Kier molecular flexibility index (Phi) is 9.45. The van der Waals surface area contributed by atoms with Gasteiger partial charge < -0.3 is 14.4 Å². The summed E-state index contributed by atoms with van der Waals surface area (Å²) >= 11 is 3.51. The molecule has 0 atom stereocenters. The summed E-state index contributed by atoms with van der Waals surface area (Å²) in [5, 5.41) is 11.8. The van der Waals surface area contributed by atoms with Gasteiger partial charge in [-0.2, -0.15) is 13.2 Å². The number of nitro benzene ring substituents is 1. The molecule has 3 aromatic carbocycles. The third kappa shape index (κ3) is 7.20. The number of hydrogen-bond donors (Lipinski definition) is 0. The summed E-state index contributed by atoms with van der Waals surface area (Å²) in [4.78, 5) is 41.6. The molecule has 0 spiro atoms. The third-order valence-electron chi connectivity index (χ3n) is 9.77. The minimum Gasteiger partial charge on any atom is -0.493 e. The van der Waals surface area contributed by atoms with Crippen LogP contribution in [0.1, 0.15) is 76.0 Å². The zero-order valence-electron chi connectivity index (χ0n) is 28.9. The van der Waals surface area contributed by atoms with Crippen LogP contribution in [0.4, 0.5) is 18.9 Å². The van der Waals surface area contributed by atoms with Gasteiger partial charge in [-0.05, 0) is 81.4 Å². The number of carbonyl (C=O) groups excluding carboxylic acids is 2. The Morgan fingerprint density at radius 3 is 2.00 bits per heavy atom. The van der Waals surface area contributed by atoms with E-state index in [1.54, 1.807) is 12.1 Å². The predicted molar refractivity (Wildman–Crippen MR) is 189 cm³/mol. The summed E-state index contributed by atoms with van der Waals surface area (Å²) in [6.07, 6.45) is -2.23. The largest absolute Gasteiger partial charge is 0.493 e. The van der Waals surface area contributed by atoms with E-state index in [9.17, 15) is 32.9 Å². The highest BCUT2D eigenvalue weighted by Crippen LogP contribution is 2.56. The molecular formula is C39H38BrF3N2O6. The molecule has 2 aliphatic carbocycles.